The van der Waals surface area contributed by atoms with Gasteiger partial charge in [-0.05, 0) is 0 Å². The number of halogens is 1. The van der Waals surface area contributed by atoms with Gasteiger partial charge in [0.25, 0.3) is 0 Å². The zero-order valence-electron chi connectivity index (χ0n) is 8.77. The SMILES string of the molecule is CCc1nc(Cl)cc(NCc2cncs2)n1. The number of rotatable bonds is 4. The number of hydrogen-bond donors (Lipinski definition) is 1. The van der Waals surface area contributed by atoms with Crippen molar-refractivity contribution < 1.29 is 0 Å². The van der Waals surface area contributed by atoms with Gasteiger partial charge in [0, 0.05) is 23.6 Å². The Labute approximate surface area is 103 Å². The molecular formula is C10H11ClN4S. The van der Waals surface area contributed by atoms with E-state index < -0.39 is 0 Å². The zero-order valence-corrected chi connectivity index (χ0v) is 10.3. The van der Waals surface area contributed by atoms with Crippen molar-refractivity contribution in [2.45, 2.75) is 19.9 Å². The lowest BCUT2D eigenvalue weighted by Crippen LogP contribution is -2.03. The normalized spacial score (nSPS) is 10.4. The van der Waals surface area contributed by atoms with E-state index in [1.54, 1.807) is 22.9 Å². The van der Waals surface area contributed by atoms with Crippen LogP contribution in [0.3, 0.4) is 0 Å². The van der Waals surface area contributed by atoms with Gasteiger partial charge in [-0.15, -0.1) is 11.3 Å². The van der Waals surface area contributed by atoms with Crippen molar-refractivity contribution in [3.8, 4) is 0 Å². The smallest absolute Gasteiger partial charge is 0.134 e. The number of nitrogens with one attached hydrogen (secondary N) is 1. The molecule has 84 valence electrons. The Morgan fingerprint density at radius 2 is 2.31 bits per heavy atom. The van der Waals surface area contributed by atoms with E-state index in [2.05, 4.69) is 20.3 Å². The largest absolute Gasteiger partial charge is 0.365 e. The zero-order chi connectivity index (χ0) is 11.4. The molecule has 0 aliphatic rings. The Morgan fingerprint density at radius 3 is 3.00 bits per heavy atom. The second kappa shape index (κ2) is 5.23. The summed E-state index contributed by atoms with van der Waals surface area (Å²) in [7, 11) is 0. The van der Waals surface area contributed by atoms with Crippen molar-refractivity contribution in [2.24, 2.45) is 0 Å². The van der Waals surface area contributed by atoms with Crippen LogP contribution in [0.25, 0.3) is 0 Å². The van der Waals surface area contributed by atoms with Crippen LogP contribution in [0.15, 0.2) is 17.8 Å². The standard InChI is InChI=1S/C10H11ClN4S/c1-2-9-14-8(11)3-10(15-9)13-5-7-4-12-6-16-7/h3-4,6H,2,5H2,1H3,(H,13,14,15). The van der Waals surface area contributed by atoms with Crippen LogP contribution in [0.2, 0.25) is 5.15 Å². The van der Waals surface area contributed by atoms with E-state index in [1.165, 1.54) is 0 Å². The lowest BCUT2D eigenvalue weighted by Gasteiger charge is -2.05. The topological polar surface area (TPSA) is 50.7 Å². The molecule has 2 rings (SSSR count). The van der Waals surface area contributed by atoms with Gasteiger partial charge in [0.05, 0.1) is 12.1 Å². The maximum atomic E-state index is 5.89. The summed E-state index contributed by atoms with van der Waals surface area (Å²) in [6.45, 7) is 2.71. The van der Waals surface area contributed by atoms with Crippen molar-refractivity contribution in [3.63, 3.8) is 0 Å². The molecule has 1 N–H and O–H groups in total. The highest BCUT2D eigenvalue weighted by molar-refractivity contribution is 7.09. The van der Waals surface area contributed by atoms with Crippen LogP contribution < -0.4 is 5.32 Å². The van der Waals surface area contributed by atoms with Crippen LogP contribution in [0, 0.1) is 0 Å². The third-order valence-electron chi connectivity index (χ3n) is 1.98. The minimum absolute atomic E-state index is 0.471. The third-order valence-corrected chi connectivity index (χ3v) is 2.96. The minimum atomic E-state index is 0.471. The van der Waals surface area contributed by atoms with Gasteiger partial charge in [0.1, 0.15) is 16.8 Å². The van der Waals surface area contributed by atoms with Gasteiger partial charge in [-0.1, -0.05) is 18.5 Å². The Kier molecular flexibility index (Phi) is 3.69. The molecule has 0 saturated carbocycles. The molecule has 0 spiro atoms. The molecule has 0 saturated heterocycles. The molecule has 0 radical (unpaired) electrons. The fourth-order valence-electron chi connectivity index (χ4n) is 1.22. The van der Waals surface area contributed by atoms with Crippen molar-refractivity contribution in [3.05, 3.63) is 33.6 Å². The summed E-state index contributed by atoms with van der Waals surface area (Å²) in [6, 6.07) is 1.72. The number of aryl methyl sites for hydroxylation is 1. The fourth-order valence-corrected chi connectivity index (χ4v) is 1.96. The molecule has 2 heterocycles. The molecule has 16 heavy (non-hydrogen) atoms. The predicted molar refractivity (Wildman–Crippen MR) is 65.9 cm³/mol. The predicted octanol–water partition coefficient (Wildman–Crippen LogP) is 2.76. The molecule has 0 atom stereocenters. The maximum absolute atomic E-state index is 5.89. The van der Waals surface area contributed by atoms with E-state index in [4.69, 9.17) is 11.6 Å². The Morgan fingerprint density at radius 1 is 1.44 bits per heavy atom. The van der Waals surface area contributed by atoms with Crippen LogP contribution in [0.1, 0.15) is 17.6 Å². The van der Waals surface area contributed by atoms with Crippen molar-refractivity contribution in [1.29, 1.82) is 0 Å². The van der Waals surface area contributed by atoms with Gasteiger partial charge < -0.3 is 5.32 Å². The first-order valence-electron chi connectivity index (χ1n) is 4.92. The molecule has 0 aliphatic heterocycles. The molecule has 2 aromatic heterocycles. The lowest BCUT2D eigenvalue weighted by molar-refractivity contribution is 0.934. The third kappa shape index (κ3) is 2.90. The van der Waals surface area contributed by atoms with Crippen LogP contribution >= 0.6 is 22.9 Å². The van der Waals surface area contributed by atoms with E-state index in [0.29, 0.717) is 11.7 Å². The average molecular weight is 255 g/mol. The molecule has 0 aliphatic carbocycles. The van der Waals surface area contributed by atoms with E-state index in [9.17, 15) is 0 Å². The summed E-state index contributed by atoms with van der Waals surface area (Å²) in [5.74, 6) is 1.50. The molecule has 0 amide bonds. The number of anilines is 1. The Balaban J connectivity index is 2.06. The summed E-state index contributed by atoms with van der Waals surface area (Å²) in [5.41, 5.74) is 1.81. The highest BCUT2D eigenvalue weighted by Gasteiger charge is 2.02. The first kappa shape index (κ1) is 11.3. The summed E-state index contributed by atoms with van der Waals surface area (Å²) < 4.78 is 0. The molecule has 0 bridgehead atoms. The van der Waals surface area contributed by atoms with Gasteiger partial charge >= 0.3 is 0 Å². The summed E-state index contributed by atoms with van der Waals surface area (Å²) in [6.07, 6.45) is 2.61. The monoisotopic (exact) mass is 254 g/mol. The average Bonchev–Trinajstić information content (AvgIpc) is 2.78. The molecule has 0 fully saturated rings. The molecule has 6 heteroatoms. The first-order valence-corrected chi connectivity index (χ1v) is 6.18. The molecule has 2 aromatic rings. The maximum Gasteiger partial charge on any atom is 0.134 e. The van der Waals surface area contributed by atoms with Crippen molar-refractivity contribution >= 4 is 28.8 Å². The van der Waals surface area contributed by atoms with Crippen LogP contribution in [-0.4, -0.2) is 15.0 Å². The van der Waals surface area contributed by atoms with Gasteiger partial charge in [0.15, 0.2) is 0 Å². The molecule has 0 aromatic carbocycles. The van der Waals surface area contributed by atoms with Crippen LogP contribution in [-0.2, 0) is 13.0 Å². The summed E-state index contributed by atoms with van der Waals surface area (Å²) >= 11 is 7.49. The quantitative estimate of drug-likeness (QED) is 0.853. The number of nitrogens with zero attached hydrogens (tertiary/aromatic N) is 3. The van der Waals surface area contributed by atoms with E-state index in [0.717, 1.165) is 22.9 Å². The van der Waals surface area contributed by atoms with Gasteiger partial charge in [-0.3, -0.25) is 4.98 Å². The number of thiazole rings is 1. The second-order valence-electron chi connectivity index (χ2n) is 3.17. The van der Waals surface area contributed by atoms with Crippen molar-refractivity contribution in [1.82, 2.24) is 15.0 Å². The van der Waals surface area contributed by atoms with E-state index >= 15 is 0 Å². The number of aromatic nitrogens is 3. The summed E-state index contributed by atoms with van der Waals surface area (Å²) in [4.78, 5) is 13.6. The van der Waals surface area contributed by atoms with Gasteiger partial charge in [-0.25, -0.2) is 9.97 Å². The summed E-state index contributed by atoms with van der Waals surface area (Å²) in [5, 5.41) is 3.67. The fraction of sp³-hybridized carbons (Fsp3) is 0.300. The van der Waals surface area contributed by atoms with Crippen molar-refractivity contribution in [2.75, 3.05) is 5.32 Å². The molecule has 4 nitrogen and oxygen atoms in total. The first-order chi connectivity index (χ1) is 7.78. The van der Waals surface area contributed by atoms with Gasteiger partial charge in [0.2, 0.25) is 0 Å². The Hall–Kier alpha value is -1.20. The number of hydrogen-bond acceptors (Lipinski definition) is 5. The highest BCUT2D eigenvalue weighted by Crippen LogP contribution is 2.14. The van der Waals surface area contributed by atoms with E-state index in [1.807, 2.05) is 13.1 Å². The van der Waals surface area contributed by atoms with Crippen LogP contribution in [0.5, 0.6) is 0 Å². The highest BCUT2D eigenvalue weighted by atomic mass is 35.5. The van der Waals surface area contributed by atoms with Crippen LogP contribution in [0.4, 0.5) is 5.82 Å². The lowest BCUT2D eigenvalue weighted by atomic mass is 10.4. The minimum Gasteiger partial charge on any atom is -0.365 e. The molecule has 0 unspecified atom stereocenters. The van der Waals surface area contributed by atoms with E-state index in [-0.39, 0.29) is 0 Å². The Bertz CT molecular complexity index is 458. The molecular weight excluding hydrogens is 244 g/mol. The van der Waals surface area contributed by atoms with Gasteiger partial charge in [-0.2, -0.15) is 0 Å². The second-order valence-corrected chi connectivity index (χ2v) is 4.53.